The van der Waals surface area contributed by atoms with Crippen molar-refractivity contribution >= 4 is 34.1 Å². The molecule has 4 aromatic carbocycles. The number of aromatic amines is 2. The Morgan fingerprint density at radius 3 is 1.72 bits per heavy atom. The predicted octanol–water partition coefficient (Wildman–Crippen LogP) is 12.4. The molecule has 1 aliphatic carbocycles. The number of H-pyrrole nitrogens is 2. The fraction of sp³-hybridized carbons (Fsp3) is 0.367. The molecule has 2 amide bonds. The third-order valence-electron chi connectivity index (χ3n) is 16.0. The number of hydrogen-bond acceptors (Lipinski definition) is 8. The zero-order chi connectivity index (χ0) is 51.5. The lowest BCUT2D eigenvalue weighted by Gasteiger charge is -2.34. The van der Waals surface area contributed by atoms with Crippen LogP contribution in [0.5, 0.6) is 5.75 Å². The van der Waals surface area contributed by atoms with E-state index in [0.717, 1.165) is 66.4 Å². The summed E-state index contributed by atoms with van der Waals surface area (Å²) >= 11 is 1.81. The van der Waals surface area contributed by atoms with E-state index in [1.54, 1.807) is 22.2 Å². The lowest BCUT2D eigenvalue weighted by molar-refractivity contribution is -0.139. The number of nitrogens with one attached hydrogen (secondary N) is 2. The zero-order valence-corrected chi connectivity index (χ0v) is 43.7. The van der Waals surface area contributed by atoms with Crippen LogP contribution < -0.4 is 4.74 Å². The van der Waals surface area contributed by atoms with E-state index in [1.807, 2.05) is 99.7 Å². The smallest absolute Gasteiger partial charge is 0.245 e. The monoisotopic (exact) mass is 1030 g/mol. The van der Waals surface area contributed by atoms with Crippen LogP contribution in [0.1, 0.15) is 122 Å². The molecule has 75 heavy (non-hydrogen) atoms. The van der Waals surface area contributed by atoms with Crippen molar-refractivity contribution in [3.63, 3.8) is 0 Å². The SMILES string of the molecule is CCN(CC)[C@@H](C(=O)N1C[C@H](F)C[C@H]1c1ncc(-c2ccc3c(c2)OC(c2ccc(C4CC4)s2)n2c-3cc3cc(-c4cnc([C@@H]5C[C@@H](F)CN5C(=O)[C@@H](c5ccccc5)N(CC)CC)[nH]4)ccc32)[nH]1)c1ccccc1. The standard InChI is InChI=1S/C60H63F2N9O3S/c1-5-67(6-2)54(37-15-11-9-12-16-37)58(72)69-34-42(61)30-49(69)56-63-32-45(65-56)39-22-24-47-41(27-39)28-48-44-23-21-40(29-51(44)74-60(71(47)48)53-26-25-52(75-53)36-19-20-36)46-33-64-57(66-46)50-31-43(62)35-70(50)59(73)55(68(7-3)8-4)38-17-13-10-14-18-38/h9-18,21-29,32-33,36,42-43,49-50,54-55,60H,5-8,19-20,30-31,34-35H2,1-4H3,(H,63,65)(H,64,66)/t42-,43-,49+,50+,54-,55-,60?/m1/s1. The van der Waals surface area contributed by atoms with Crippen LogP contribution in [-0.2, 0) is 9.59 Å². The van der Waals surface area contributed by atoms with Crippen LogP contribution in [0.3, 0.4) is 0 Å². The summed E-state index contributed by atoms with van der Waals surface area (Å²) in [6.45, 7) is 10.9. The van der Waals surface area contributed by atoms with Gasteiger partial charge >= 0.3 is 0 Å². The Labute approximate surface area is 440 Å². The number of hydrogen-bond donors (Lipinski definition) is 2. The molecular weight excluding hydrogens is 965 g/mol. The first-order valence-electron chi connectivity index (χ1n) is 26.8. The van der Waals surface area contributed by atoms with E-state index in [1.165, 1.54) is 17.7 Å². The van der Waals surface area contributed by atoms with E-state index in [0.29, 0.717) is 43.7 Å². The Morgan fingerprint density at radius 2 is 1.19 bits per heavy atom. The van der Waals surface area contributed by atoms with Gasteiger partial charge in [-0.25, -0.2) is 18.7 Å². The van der Waals surface area contributed by atoms with Crippen molar-refractivity contribution in [2.75, 3.05) is 39.3 Å². The Balaban J connectivity index is 0.851. The van der Waals surface area contributed by atoms with Crippen molar-refractivity contribution in [1.82, 2.24) is 44.1 Å². The number of rotatable bonds is 16. The molecule has 386 valence electrons. The van der Waals surface area contributed by atoms with Crippen LogP contribution >= 0.6 is 11.3 Å². The molecule has 4 aromatic heterocycles. The first kappa shape index (κ1) is 49.0. The highest BCUT2D eigenvalue weighted by Crippen LogP contribution is 2.50. The van der Waals surface area contributed by atoms with Gasteiger partial charge in [-0.2, -0.15) is 0 Å². The number of carbonyl (C=O) groups is 2. The van der Waals surface area contributed by atoms with Gasteiger partial charge in [-0.3, -0.25) is 24.0 Å². The molecule has 2 N–H and O–H groups in total. The van der Waals surface area contributed by atoms with Crippen molar-refractivity contribution < 1.29 is 23.1 Å². The molecule has 12 nitrogen and oxygen atoms in total. The Kier molecular flexibility index (Phi) is 13.3. The summed E-state index contributed by atoms with van der Waals surface area (Å²) in [6.07, 6.45) is 3.54. The predicted molar refractivity (Wildman–Crippen MR) is 290 cm³/mol. The second-order valence-electron chi connectivity index (χ2n) is 20.5. The Bertz CT molecular complexity index is 3340. The van der Waals surface area contributed by atoms with Crippen molar-refractivity contribution in [3.8, 4) is 39.5 Å². The van der Waals surface area contributed by atoms with Gasteiger partial charge in [0.25, 0.3) is 0 Å². The molecular formula is C60H63F2N9O3S. The number of thiophene rings is 1. The summed E-state index contributed by atoms with van der Waals surface area (Å²) < 4.78 is 40.3. The van der Waals surface area contributed by atoms with Crippen LogP contribution in [-0.4, -0.2) is 108 Å². The third-order valence-corrected chi connectivity index (χ3v) is 17.3. The molecule has 12 rings (SSSR count). The molecule has 7 atom stereocenters. The van der Waals surface area contributed by atoms with Gasteiger partial charge in [0.05, 0.1) is 65.0 Å². The number of benzene rings is 4. The summed E-state index contributed by atoms with van der Waals surface area (Å²) in [5.41, 5.74) is 8.07. The van der Waals surface area contributed by atoms with Crippen LogP contribution in [0.25, 0.3) is 44.7 Å². The third kappa shape index (κ3) is 9.05. The minimum atomic E-state index is -1.17. The molecule has 15 heteroatoms. The summed E-state index contributed by atoms with van der Waals surface area (Å²) in [6, 6.07) is 36.6. The molecule has 3 aliphatic heterocycles. The number of likely N-dealkylation sites (N-methyl/N-ethyl adjacent to an activating group) is 2. The minimum Gasteiger partial charge on any atom is -0.464 e. The highest BCUT2D eigenvalue weighted by atomic mass is 32.1. The molecule has 4 aliphatic rings. The van der Waals surface area contributed by atoms with Gasteiger partial charge in [0, 0.05) is 39.8 Å². The summed E-state index contributed by atoms with van der Waals surface area (Å²) in [4.78, 5) is 55.8. The molecule has 8 aromatic rings. The van der Waals surface area contributed by atoms with Crippen molar-refractivity contribution in [1.29, 1.82) is 0 Å². The van der Waals surface area contributed by atoms with Crippen molar-refractivity contribution in [3.05, 3.63) is 160 Å². The number of aromatic nitrogens is 5. The maximum absolute atomic E-state index is 15.5. The molecule has 1 unspecified atom stereocenters. The van der Waals surface area contributed by atoms with E-state index in [4.69, 9.17) is 14.7 Å². The number of alkyl halides is 2. The topological polar surface area (TPSA) is 119 Å². The number of nitrogens with zero attached hydrogens (tertiary/aromatic N) is 7. The molecule has 1 saturated carbocycles. The number of imidazole rings is 2. The zero-order valence-electron chi connectivity index (χ0n) is 42.8. The van der Waals surface area contributed by atoms with Crippen molar-refractivity contribution in [2.24, 2.45) is 0 Å². The molecule has 0 bridgehead atoms. The number of halogens is 2. The van der Waals surface area contributed by atoms with Gasteiger partial charge in [-0.1, -0.05) is 100 Å². The quantitative estimate of drug-likeness (QED) is 0.0989. The van der Waals surface area contributed by atoms with E-state index in [9.17, 15) is 9.59 Å². The lowest BCUT2D eigenvalue weighted by Crippen LogP contribution is -2.43. The number of ether oxygens (including phenoxy) is 1. The first-order valence-corrected chi connectivity index (χ1v) is 27.6. The van der Waals surface area contributed by atoms with Crippen LogP contribution in [0, 0.1) is 0 Å². The summed E-state index contributed by atoms with van der Waals surface area (Å²) in [5.74, 6) is 2.21. The second-order valence-corrected chi connectivity index (χ2v) is 21.6. The minimum absolute atomic E-state index is 0.0113. The average molecular weight is 1030 g/mol. The number of fused-ring (bicyclic) bond motifs is 5. The highest BCUT2D eigenvalue weighted by Gasteiger charge is 2.44. The average Bonchev–Trinajstić information content (AvgIpc) is 4.12. The summed E-state index contributed by atoms with van der Waals surface area (Å²) in [7, 11) is 0. The highest BCUT2D eigenvalue weighted by molar-refractivity contribution is 7.12. The van der Waals surface area contributed by atoms with Gasteiger partial charge in [0.2, 0.25) is 18.0 Å². The Morgan fingerprint density at radius 1 is 0.667 bits per heavy atom. The lowest BCUT2D eigenvalue weighted by atomic mass is 10.0. The normalized spacial score (nSPS) is 21.2. The van der Waals surface area contributed by atoms with Crippen LogP contribution in [0.4, 0.5) is 8.78 Å². The fourth-order valence-corrected chi connectivity index (χ4v) is 13.2. The van der Waals surface area contributed by atoms with Gasteiger partial charge in [0.15, 0.2) is 0 Å². The van der Waals surface area contributed by atoms with Crippen LogP contribution in [0.15, 0.2) is 128 Å². The molecule has 0 radical (unpaired) electrons. The van der Waals surface area contributed by atoms with E-state index < -0.39 is 42.7 Å². The molecule has 7 heterocycles. The number of likely N-dealkylation sites (tertiary alicyclic amines) is 2. The molecule has 3 fully saturated rings. The van der Waals surface area contributed by atoms with Gasteiger partial charge < -0.3 is 24.5 Å². The fourth-order valence-electron chi connectivity index (χ4n) is 12.0. The maximum Gasteiger partial charge on any atom is 0.245 e. The maximum atomic E-state index is 15.5. The van der Waals surface area contributed by atoms with E-state index in [-0.39, 0.29) is 37.7 Å². The Hall–Kier alpha value is -6.94. The number of amides is 2. The molecule has 2 saturated heterocycles. The van der Waals surface area contributed by atoms with Gasteiger partial charge in [-0.05, 0) is 98.5 Å². The van der Waals surface area contributed by atoms with Crippen LogP contribution in [0.2, 0.25) is 0 Å². The molecule has 0 spiro atoms. The van der Waals surface area contributed by atoms with Crippen molar-refractivity contribution in [2.45, 2.75) is 102 Å². The van der Waals surface area contributed by atoms with E-state index >= 15 is 8.78 Å². The van der Waals surface area contributed by atoms with Gasteiger partial charge in [0.1, 0.15) is 41.8 Å². The van der Waals surface area contributed by atoms with E-state index in [2.05, 4.69) is 78.9 Å². The first-order chi connectivity index (χ1) is 36.6. The summed E-state index contributed by atoms with van der Waals surface area (Å²) in [5, 5.41) is 1.02. The largest absolute Gasteiger partial charge is 0.464 e. The number of carbonyl (C=O) groups excluding carboxylic acids is 2. The second kappa shape index (κ2) is 20.3. The van der Waals surface area contributed by atoms with Gasteiger partial charge in [-0.15, -0.1) is 11.3 Å².